The second-order valence-electron chi connectivity index (χ2n) is 6.45. The smallest absolute Gasteiger partial charge is 0.320 e. The van der Waals surface area contributed by atoms with Crippen molar-refractivity contribution >= 4 is 46.8 Å². The highest BCUT2D eigenvalue weighted by atomic mass is 32.2. The number of carbonyl (C=O) groups is 4. The number of hydrogen-bond donors (Lipinski definition) is 1. The molecular formula is C19H12N2O5S. The molecule has 1 spiro atoms. The molecule has 3 heterocycles. The van der Waals surface area contributed by atoms with Crippen molar-refractivity contribution in [2.75, 3.05) is 12.0 Å². The second-order valence-corrected chi connectivity index (χ2v) is 7.53. The average Bonchev–Trinajstić information content (AvgIpc) is 3.09. The van der Waals surface area contributed by atoms with Gasteiger partial charge in [-0.15, -0.1) is 0 Å². The van der Waals surface area contributed by atoms with E-state index in [1.54, 1.807) is 24.3 Å². The van der Waals surface area contributed by atoms with E-state index in [0.29, 0.717) is 16.9 Å². The first kappa shape index (κ1) is 16.1. The fraction of sp³-hybridized carbons (Fsp3) is 0.158. The summed E-state index contributed by atoms with van der Waals surface area (Å²) in [5.74, 6) is -4.70. The van der Waals surface area contributed by atoms with Crippen molar-refractivity contribution in [3.8, 4) is 0 Å². The lowest BCUT2D eigenvalue weighted by molar-refractivity contribution is -0.154. The van der Waals surface area contributed by atoms with Gasteiger partial charge in [-0.3, -0.25) is 29.4 Å². The number of amides is 3. The highest BCUT2D eigenvalue weighted by molar-refractivity contribution is 7.99. The van der Waals surface area contributed by atoms with Crippen molar-refractivity contribution in [1.82, 2.24) is 5.32 Å². The molecule has 1 fully saturated rings. The van der Waals surface area contributed by atoms with Gasteiger partial charge in [0.05, 0.1) is 18.5 Å². The van der Waals surface area contributed by atoms with E-state index >= 15 is 0 Å². The van der Waals surface area contributed by atoms with Gasteiger partial charge >= 0.3 is 5.97 Å². The van der Waals surface area contributed by atoms with E-state index in [0.717, 1.165) is 16.9 Å². The van der Waals surface area contributed by atoms with Crippen LogP contribution in [-0.4, -0.2) is 30.8 Å². The Hall–Kier alpha value is -3.13. The Bertz CT molecular complexity index is 1080. The van der Waals surface area contributed by atoms with Gasteiger partial charge in [0, 0.05) is 15.4 Å². The number of hydrogen-bond acceptors (Lipinski definition) is 6. The zero-order valence-electron chi connectivity index (χ0n) is 14.0. The Morgan fingerprint density at radius 1 is 1.11 bits per heavy atom. The second kappa shape index (κ2) is 5.20. The van der Waals surface area contributed by atoms with E-state index in [1.165, 1.54) is 16.7 Å². The van der Waals surface area contributed by atoms with Crippen molar-refractivity contribution < 1.29 is 23.9 Å². The van der Waals surface area contributed by atoms with Crippen molar-refractivity contribution in [3.63, 3.8) is 0 Å². The van der Waals surface area contributed by atoms with Crippen LogP contribution in [0.1, 0.15) is 5.56 Å². The Labute approximate surface area is 157 Å². The molecule has 2 aromatic carbocycles. The van der Waals surface area contributed by atoms with Crippen LogP contribution in [0, 0.1) is 5.92 Å². The number of methoxy groups -OCH3 is 1. The van der Waals surface area contributed by atoms with Gasteiger partial charge in [-0.2, -0.15) is 0 Å². The lowest BCUT2D eigenvalue weighted by Crippen LogP contribution is -2.50. The first-order chi connectivity index (χ1) is 13.0. The topological polar surface area (TPSA) is 92.8 Å². The standard InChI is InChI=1S/C19H12N2O5S/c1-26-16(23)13-15(22)20-17(24)19(13)9-5-4-8-12-14(9)21(18(19)25)10-6-2-3-7-11(10)27-12/h2-8,13H,1H3,(H,20,22,24). The van der Waals surface area contributed by atoms with Crippen LogP contribution in [0.4, 0.5) is 11.4 Å². The normalized spacial score (nSPS) is 24.7. The summed E-state index contributed by atoms with van der Waals surface area (Å²) in [7, 11) is 1.13. The number of anilines is 2. The predicted molar refractivity (Wildman–Crippen MR) is 94.5 cm³/mol. The largest absolute Gasteiger partial charge is 0.468 e. The summed E-state index contributed by atoms with van der Waals surface area (Å²) in [5.41, 5.74) is -0.427. The number of nitrogens with one attached hydrogen (secondary N) is 1. The number of carbonyl (C=O) groups excluding carboxylic acids is 4. The maximum atomic E-state index is 13.6. The molecule has 0 bridgehead atoms. The van der Waals surface area contributed by atoms with E-state index in [1.807, 2.05) is 18.2 Å². The monoisotopic (exact) mass is 380 g/mol. The van der Waals surface area contributed by atoms with Crippen LogP contribution in [0.5, 0.6) is 0 Å². The Morgan fingerprint density at radius 2 is 1.85 bits per heavy atom. The minimum absolute atomic E-state index is 0.353. The predicted octanol–water partition coefficient (Wildman–Crippen LogP) is 1.51. The van der Waals surface area contributed by atoms with Gasteiger partial charge in [-0.25, -0.2) is 0 Å². The molecule has 134 valence electrons. The molecule has 1 N–H and O–H groups in total. The van der Waals surface area contributed by atoms with Gasteiger partial charge in [-0.1, -0.05) is 36.0 Å². The number of fused-ring (bicyclic) bond motifs is 3. The molecule has 3 aliphatic rings. The van der Waals surface area contributed by atoms with Crippen LogP contribution in [0.15, 0.2) is 52.3 Å². The van der Waals surface area contributed by atoms with Crippen molar-refractivity contribution in [2.24, 2.45) is 5.92 Å². The summed E-state index contributed by atoms with van der Waals surface area (Å²) >= 11 is 1.48. The Kier molecular flexibility index (Phi) is 3.09. The van der Waals surface area contributed by atoms with Gasteiger partial charge in [0.1, 0.15) is 0 Å². The van der Waals surface area contributed by atoms with E-state index in [2.05, 4.69) is 5.32 Å². The number of benzene rings is 2. The quantitative estimate of drug-likeness (QED) is 0.458. The highest BCUT2D eigenvalue weighted by Crippen LogP contribution is 2.59. The van der Waals surface area contributed by atoms with Crippen LogP contribution < -0.4 is 10.2 Å². The number of rotatable bonds is 1. The van der Waals surface area contributed by atoms with Crippen molar-refractivity contribution in [2.45, 2.75) is 15.2 Å². The third kappa shape index (κ3) is 1.73. The molecule has 0 aromatic heterocycles. The fourth-order valence-corrected chi connectivity index (χ4v) is 5.23. The molecular weight excluding hydrogens is 368 g/mol. The molecule has 3 aliphatic heterocycles. The Balaban J connectivity index is 1.85. The van der Waals surface area contributed by atoms with E-state index in [9.17, 15) is 19.2 Å². The SMILES string of the molecule is COC(=O)C1C(=O)NC(=O)C12C(=O)N1c3ccccc3Sc3cccc2c31. The van der Waals surface area contributed by atoms with Gasteiger partial charge in [0.2, 0.25) is 11.8 Å². The first-order valence-electron chi connectivity index (χ1n) is 8.20. The van der Waals surface area contributed by atoms with Crippen LogP contribution in [0.25, 0.3) is 0 Å². The molecule has 5 rings (SSSR count). The number of ether oxygens (including phenoxy) is 1. The van der Waals surface area contributed by atoms with Crippen LogP contribution in [-0.2, 0) is 29.3 Å². The van der Waals surface area contributed by atoms with Gasteiger partial charge < -0.3 is 4.74 Å². The Morgan fingerprint density at radius 3 is 2.63 bits per heavy atom. The molecule has 7 nitrogen and oxygen atoms in total. The van der Waals surface area contributed by atoms with E-state index in [-0.39, 0.29) is 0 Å². The highest BCUT2D eigenvalue weighted by Gasteiger charge is 2.70. The first-order valence-corrected chi connectivity index (χ1v) is 9.01. The molecule has 27 heavy (non-hydrogen) atoms. The molecule has 2 aromatic rings. The number of imide groups is 1. The van der Waals surface area contributed by atoms with Crippen LogP contribution in [0.2, 0.25) is 0 Å². The minimum atomic E-state index is -1.95. The van der Waals surface area contributed by atoms with Crippen molar-refractivity contribution in [1.29, 1.82) is 0 Å². The van der Waals surface area contributed by atoms with Crippen molar-refractivity contribution in [3.05, 3.63) is 48.0 Å². The number of esters is 1. The molecule has 2 unspecified atom stereocenters. The lowest BCUT2D eigenvalue weighted by Gasteiger charge is -2.28. The molecule has 0 radical (unpaired) electrons. The maximum Gasteiger partial charge on any atom is 0.320 e. The molecule has 3 amide bonds. The summed E-state index contributed by atoms with van der Waals surface area (Å²) in [5, 5.41) is 2.16. The molecule has 0 aliphatic carbocycles. The number of nitrogens with zero attached hydrogens (tertiary/aromatic N) is 1. The summed E-state index contributed by atoms with van der Waals surface area (Å²) in [4.78, 5) is 54.5. The zero-order chi connectivity index (χ0) is 18.9. The maximum absolute atomic E-state index is 13.6. The van der Waals surface area contributed by atoms with Gasteiger partial charge in [-0.05, 0) is 18.2 Å². The summed E-state index contributed by atoms with van der Waals surface area (Å²) in [6.07, 6.45) is 0. The van der Waals surface area contributed by atoms with Gasteiger partial charge in [0.15, 0.2) is 11.3 Å². The minimum Gasteiger partial charge on any atom is -0.468 e. The van der Waals surface area contributed by atoms with Gasteiger partial charge in [0.25, 0.3) is 5.91 Å². The summed E-state index contributed by atoms with van der Waals surface area (Å²) in [6.45, 7) is 0. The zero-order valence-corrected chi connectivity index (χ0v) is 14.8. The average molecular weight is 380 g/mol. The summed E-state index contributed by atoms with van der Waals surface area (Å²) < 4.78 is 4.76. The third-order valence-corrected chi connectivity index (χ3v) is 6.36. The third-order valence-electron chi connectivity index (χ3n) is 5.24. The summed E-state index contributed by atoms with van der Waals surface area (Å²) in [6, 6.07) is 12.5. The van der Waals surface area contributed by atoms with Crippen LogP contribution >= 0.6 is 11.8 Å². The molecule has 1 saturated heterocycles. The molecule has 8 heteroatoms. The lowest BCUT2D eigenvalue weighted by atomic mass is 9.72. The van der Waals surface area contributed by atoms with E-state index < -0.39 is 35.0 Å². The number of para-hydroxylation sites is 2. The fourth-order valence-electron chi connectivity index (χ4n) is 4.13. The molecule has 2 atom stereocenters. The molecule has 0 saturated carbocycles. The van der Waals surface area contributed by atoms with E-state index in [4.69, 9.17) is 4.74 Å². The van der Waals surface area contributed by atoms with Crippen LogP contribution in [0.3, 0.4) is 0 Å².